The Labute approximate surface area is 116 Å². The lowest BCUT2D eigenvalue weighted by atomic mass is 10.0. The number of benzene rings is 1. The molecule has 0 aliphatic carbocycles. The molecule has 0 radical (unpaired) electrons. The van der Waals surface area contributed by atoms with Gasteiger partial charge in [-0.2, -0.15) is 0 Å². The van der Waals surface area contributed by atoms with Crippen LogP contribution in [0.5, 0.6) is 5.75 Å². The molecule has 1 atom stereocenters. The van der Waals surface area contributed by atoms with Crippen LogP contribution in [-0.4, -0.2) is 30.1 Å². The maximum atomic E-state index is 13.5. The largest absolute Gasteiger partial charge is 0.494 e. The zero-order valence-electron chi connectivity index (χ0n) is 11.6. The van der Waals surface area contributed by atoms with Gasteiger partial charge >= 0.3 is 5.97 Å². The number of methoxy groups -OCH3 is 1. The Morgan fingerprint density at radius 3 is 2.50 bits per heavy atom. The number of carboxylic acid groups (broad SMARTS) is 1. The molecule has 1 rings (SSSR count). The number of ether oxygens (including phenoxy) is 1. The van der Waals surface area contributed by atoms with E-state index in [1.54, 1.807) is 0 Å². The average Bonchev–Trinajstić information content (AvgIpc) is 2.37. The van der Waals surface area contributed by atoms with Gasteiger partial charge in [0.25, 0.3) is 5.91 Å². The summed E-state index contributed by atoms with van der Waals surface area (Å²) in [4.78, 5) is 23.0. The monoisotopic (exact) mass is 283 g/mol. The van der Waals surface area contributed by atoms with Crippen molar-refractivity contribution in [1.29, 1.82) is 0 Å². The number of carboxylic acids is 1. The Kier molecular flexibility index (Phi) is 5.49. The first-order valence-corrected chi connectivity index (χ1v) is 6.22. The van der Waals surface area contributed by atoms with Crippen LogP contribution in [-0.2, 0) is 4.79 Å². The highest BCUT2D eigenvalue weighted by Gasteiger charge is 2.22. The van der Waals surface area contributed by atoms with Gasteiger partial charge in [0.15, 0.2) is 11.6 Å². The van der Waals surface area contributed by atoms with Gasteiger partial charge in [-0.1, -0.05) is 13.8 Å². The summed E-state index contributed by atoms with van der Waals surface area (Å²) < 4.78 is 18.2. The molecule has 0 aliphatic heterocycles. The second-order valence-electron chi connectivity index (χ2n) is 4.84. The van der Waals surface area contributed by atoms with Crippen LogP contribution >= 0.6 is 0 Å². The Hall–Kier alpha value is -2.11. The first kappa shape index (κ1) is 15.9. The van der Waals surface area contributed by atoms with Gasteiger partial charge in [0.1, 0.15) is 6.04 Å². The molecule has 0 saturated carbocycles. The number of nitrogens with one attached hydrogen (secondary N) is 1. The summed E-state index contributed by atoms with van der Waals surface area (Å²) in [6.07, 6.45) is 0.305. The fourth-order valence-corrected chi connectivity index (χ4v) is 1.74. The smallest absolute Gasteiger partial charge is 0.326 e. The van der Waals surface area contributed by atoms with Gasteiger partial charge in [-0.3, -0.25) is 4.79 Å². The van der Waals surface area contributed by atoms with Gasteiger partial charge in [0, 0.05) is 5.56 Å². The van der Waals surface area contributed by atoms with E-state index in [9.17, 15) is 14.0 Å². The standard InChI is InChI=1S/C14H18FNO4/c1-8(2)6-11(14(18)19)16-13(17)9-4-5-12(20-3)10(15)7-9/h4-5,7-8,11H,6H2,1-3H3,(H,16,17)(H,18,19). The topological polar surface area (TPSA) is 75.6 Å². The molecule has 6 heteroatoms. The first-order valence-electron chi connectivity index (χ1n) is 6.22. The number of rotatable bonds is 6. The van der Waals surface area contributed by atoms with E-state index in [1.165, 1.54) is 19.2 Å². The number of amides is 1. The van der Waals surface area contributed by atoms with Crippen molar-refractivity contribution >= 4 is 11.9 Å². The molecule has 20 heavy (non-hydrogen) atoms. The summed E-state index contributed by atoms with van der Waals surface area (Å²) in [5.41, 5.74) is 0.0540. The van der Waals surface area contributed by atoms with Crippen LogP contribution in [0.1, 0.15) is 30.6 Å². The van der Waals surface area contributed by atoms with E-state index in [0.717, 1.165) is 6.07 Å². The van der Waals surface area contributed by atoms with Crippen LogP contribution in [0, 0.1) is 11.7 Å². The van der Waals surface area contributed by atoms with Gasteiger partial charge in [0.2, 0.25) is 0 Å². The molecule has 1 unspecified atom stereocenters. The summed E-state index contributed by atoms with van der Waals surface area (Å²) in [6.45, 7) is 3.71. The molecule has 5 nitrogen and oxygen atoms in total. The minimum Gasteiger partial charge on any atom is -0.494 e. The number of halogens is 1. The van der Waals surface area contributed by atoms with Gasteiger partial charge in [0.05, 0.1) is 7.11 Å². The summed E-state index contributed by atoms with van der Waals surface area (Å²) in [7, 11) is 1.32. The third kappa shape index (κ3) is 4.22. The Bertz CT molecular complexity index is 502. The third-order valence-corrected chi connectivity index (χ3v) is 2.72. The van der Waals surface area contributed by atoms with Crippen LogP contribution in [0.4, 0.5) is 4.39 Å². The van der Waals surface area contributed by atoms with Gasteiger partial charge < -0.3 is 15.2 Å². The highest BCUT2D eigenvalue weighted by Crippen LogP contribution is 2.18. The van der Waals surface area contributed by atoms with Crippen LogP contribution in [0.15, 0.2) is 18.2 Å². The van der Waals surface area contributed by atoms with Gasteiger partial charge in [-0.25, -0.2) is 9.18 Å². The summed E-state index contributed by atoms with van der Waals surface area (Å²) in [5.74, 6) is -2.26. The van der Waals surface area contributed by atoms with E-state index in [2.05, 4.69) is 5.32 Å². The van der Waals surface area contributed by atoms with E-state index >= 15 is 0 Å². The molecule has 0 spiro atoms. The molecule has 2 N–H and O–H groups in total. The van der Waals surface area contributed by atoms with Gasteiger partial charge in [-0.05, 0) is 30.5 Å². The molecular formula is C14H18FNO4. The normalized spacial score (nSPS) is 12.1. The molecule has 0 bridgehead atoms. The minimum absolute atomic E-state index is 0.0264. The Morgan fingerprint density at radius 2 is 2.05 bits per heavy atom. The van der Waals surface area contributed by atoms with Crippen LogP contribution < -0.4 is 10.1 Å². The van der Waals surface area contributed by atoms with Crippen molar-refractivity contribution in [2.45, 2.75) is 26.3 Å². The minimum atomic E-state index is -1.11. The lowest BCUT2D eigenvalue weighted by Gasteiger charge is -2.16. The summed E-state index contributed by atoms with van der Waals surface area (Å²) >= 11 is 0. The SMILES string of the molecule is COc1ccc(C(=O)NC(CC(C)C)C(=O)O)cc1F. The fourth-order valence-electron chi connectivity index (χ4n) is 1.74. The molecule has 110 valence electrons. The Balaban J connectivity index is 2.83. The lowest BCUT2D eigenvalue weighted by Crippen LogP contribution is -2.41. The van der Waals surface area contributed by atoms with Crippen LogP contribution in [0.3, 0.4) is 0 Å². The van der Waals surface area contributed by atoms with Crippen molar-refractivity contribution in [2.75, 3.05) is 7.11 Å². The number of aliphatic carboxylic acids is 1. The molecule has 0 aromatic heterocycles. The number of hydrogen-bond donors (Lipinski definition) is 2. The first-order chi connectivity index (χ1) is 9.35. The molecule has 0 fully saturated rings. The molecule has 0 aliphatic rings. The number of carbonyl (C=O) groups excluding carboxylic acids is 1. The Morgan fingerprint density at radius 1 is 1.40 bits per heavy atom. The highest BCUT2D eigenvalue weighted by atomic mass is 19.1. The predicted molar refractivity (Wildman–Crippen MR) is 71.3 cm³/mol. The van der Waals surface area contributed by atoms with E-state index < -0.39 is 23.7 Å². The third-order valence-electron chi connectivity index (χ3n) is 2.72. The second kappa shape index (κ2) is 6.88. The van der Waals surface area contributed by atoms with E-state index in [-0.39, 0.29) is 17.2 Å². The number of carbonyl (C=O) groups is 2. The van der Waals surface area contributed by atoms with Crippen LogP contribution in [0.25, 0.3) is 0 Å². The highest BCUT2D eigenvalue weighted by molar-refractivity contribution is 5.96. The number of hydrogen-bond acceptors (Lipinski definition) is 3. The molecule has 0 saturated heterocycles. The summed E-state index contributed by atoms with van der Waals surface area (Å²) in [5, 5.41) is 11.4. The fraction of sp³-hybridized carbons (Fsp3) is 0.429. The predicted octanol–water partition coefficient (Wildman–Crippen LogP) is 2.06. The second-order valence-corrected chi connectivity index (χ2v) is 4.84. The average molecular weight is 283 g/mol. The maximum Gasteiger partial charge on any atom is 0.326 e. The van der Waals surface area contributed by atoms with Crippen LogP contribution in [0.2, 0.25) is 0 Å². The van der Waals surface area contributed by atoms with E-state index in [4.69, 9.17) is 9.84 Å². The molecule has 1 amide bonds. The van der Waals surface area contributed by atoms with E-state index in [1.807, 2.05) is 13.8 Å². The van der Waals surface area contributed by atoms with Crippen molar-refractivity contribution in [3.8, 4) is 5.75 Å². The molecule has 1 aromatic carbocycles. The summed E-state index contributed by atoms with van der Waals surface area (Å²) in [6, 6.07) is 2.73. The molecule has 0 heterocycles. The molecule has 1 aromatic rings. The van der Waals surface area contributed by atoms with Crippen molar-refractivity contribution in [2.24, 2.45) is 5.92 Å². The molecular weight excluding hydrogens is 265 g/mol. The van der Waals surface area contributed by atoms with Crippen molar-refractivity contribution in [3.63, 3.8) is 0 Å². The van der Waals surface area contributed by atoms with Crippen molar-refractivity contribution in [3.05, 3.63) is 29.6 Å². The maximum absolute atomic E-state index is 13.5. The zero-order chi connectivity index (χ0) is 15.3. The van der Waals surface area contributed by atoms with Crippen molar-refractivity contribution in [1.82, 2.24) is 5.32 Å². The quantitative estimate of drug-likeness (QED) is 0.838. The van der Waals surface area contributed by atoms with Gasteiger partial charge in [-0.15, -0.1) is 0 Å². The van der Waals surface area contributed by atoms with Crippen molar-refractivity contribution < 1.29 is 23.8 Å². The lowest BCUT2D eigenvalue weighted by molar-refractivity contribution is -0.139. The van der Waals surface area contributed by atoms with E-state index in [0.29, 0.717) is 6.42 Å². The zero-order valence-corrected chi connectivity index (χ0v) is 11.6.